The van der Waals surface area contributed by atoms with E-state index in [0.717, 1.165) is 16.7 Å². The van der Waals surface area contributed by atoms with Gasteiger partial charge in [-0.25, -0.2) is 0 Å². The lowest BCUT2D eigenvalue weighted by Crippen LogP contribution is -2.44. The van der Waals surface area contributed by atoms with Crippen LogP contribution in [0.5, 0.6) is 5.75 Å². The van der Waals surface area contributed by atoms with Crippen molar-refractivity contribution in [2.75, 3.05) is 7.11 Å². The first kappa shape index (κ1) is 23.6. The first-order valence-corrected chi connectivity index (χ1v) is 12.2. The van der Waals surface area contributed by atoms with Crippen molar-refractivity contribution < 1.29 is 24.0 Å². The Morgan fingerprint density at radius 3 is 2.32 bits per heavy atom. The van der Waals surface area contributed by atoms with E-state index in [1.54, 1.807) is 37.6 Å². The molecule has 9 nitrogen and oxygen atoms in total. The Hall–Kier alpha value is -4.79. The monoisotopic (exact) mass is 509 g/mol. The normalized spacial score (nSPS) is 23.2. The van der Waals surface area contributed by atoms with E-state index in [4.69, 9.17) is 4.74 Å². The van der Waals surface area contributed by atoms with Gasteiger partial charge in [0.25, 0.3) is 5.69 Å². The Labute approximate surface area is 218 Å². The molecule has 4 atom stereocenters. The van der Waals surface area contributed by atoms with Crippen LogP contribution in [0.15, 0.2) is 79.0 Å². The zero-order chi connectivity index (χ0) is 26.6. The number of ether oxygens (including phenoxy) is 1. The molecular formula is C29H23N3O6. The number of amides is 2. The summed E-state index contributed by atoms with van der Waals surface area (Å²) in [7, 11) is 1.56. The van der Waals surface area contributed by atoms with Crippen molar-refractivity contribution in [3.63, 3.8) is 0 Å². The maximum absolute atomic E-state index is 13.9. The molecule has 3 aliphatic heterocycles. The van der Waals surface area contributed by atoms with Crippen LogP contribution in [0.1, 0.15) is 33.1 Å². The molecule has 0 unspecified atom stereocenters. The molecule has 6 rings (SSSR count). The highest BCUT2D eigenvalue weighted by Gasteiger charge is 2.64. The van der Waals surface area contributed by atoms with Gasteiger partial charge in [0, 0.05) is 23.9 Å². The number of hydrogen-bond donors (Lipinski definition) is 0. The first-order valence-electron chi connectivity index (χ1n) is 12.2. The smallest absolute Gasteiger partial charge is 0.269 e. The number of rotatable bonds is 6. The Bertz CT molecular complexity index is 1500. The standard InChI is InChI=1S/C29H23N3O6/c1-38-21-12-6-17(7-13-21)16-31-28(34)23-24(29(31)35)26(27(33)19-8-10-20(11-9-19)32(36)37)30-15-14-18-4-2-3-5-22(18)25(23)30/h2-15,23-26H,16H2,1H3/t23-,24-,25-,26+/m1/s1. The van der Waals surface area contributed by atoms with Gasteiger partial charge in [0.05, 0.1) is 36.5 Å². The maximum atomic E-state index is 13.9. The number of likely N-dealkylation sites (tertiary alicyclic amines) is 1. The molecule has 9 heteroatoms. The van der Waals surface area contributed by atoms with E-state index in [2.05, 4.69) is 0 Å². The van der Waals surface area contributed by atoms with Gasteiger partial charge < -0.3 is 9.64 Å². The molecule has 3 aromatic carbocycles. The summed E-state index contributed by atoms with van der Waals surface area (Å²) < 4.78 is 5.20. The molecule has 0 aromatic heterocycles. The third-order valence-electron chi connectivity index (χ3n) is 7.68. The van der Waals surface area contributed by atoms with Crippen molar-refractivity contribution in [2.24, 2.45) is 11.8 Å². The summed E-state index contributed by atoms with van der Waals surface area (Å²) in [4.78, 5) is 55.2. The Kier molecular flexibility index (Phi) is 5.56. The summed E-state index contributed by atoms with van der Waals surface area (Å²) >= 11 is 0. The fourth-order valence-electron chi connectivity index (χ4n) is 5.91. The highest BCUT2D eigenvalue weighted by Crippen LogP contribution is 2.53. The molecule has 0 saturated carbocycles. The number of ketones is 1. The maximum Gasteiger partial charge on any atom is 0.269 e. The predicted octanol–water partition coefficient (Wildman–Crippen LogP) is 4.00. The van der Waals surface area contributed by atoms with Crippen molar-refractivity contribution in [2.45, 2.75) is 18.6 Å². The van der Waals surface area contributed by atoms with Crippen LogP contribution in [0.2, 0.25) is 0 Å². The minimum Gasteiger partial charge on any atom is -0.497 e. The van der Waals surface area contributed by atoms with Gasteiger partial charge in [0.15, 0.2) is 5.78 Å². The number of nitrogens with zero attached hydrogens (tertiary/aromatic N) is 3. The molecular weight excluding hydrogens is 486 g/mol. The number of methoxy groups -OCH3 is 1. The number of nitro groups is 1. The zero-order valence-corrected chi connectivity index (χ0v) is 20.4. The SMILES string of the molecule is COc1ccc(CN2C(=O)[C@@H]3[C@@H](C2=O)[C@H]2c4ccccc4C=CN2[C@@H]3C(=O)c2ccc([N+](=O)[O-])cc2)cc1. The quantitative estimate of drug-likeness (QED) is 0.214. The molecule has 0 spiro atoms. The molecule has 3 aliphatic rings. The summed E-state index contributed by atoms with van der Waals surface area (Å²) in [6.07, 6.45) is 3.67. The van der Waals surface area contributed by atoms with E-state index >= 15 is 0 Å². The molecule has 0 radical (unpaired) electrons. The third-order valence-corrected chi connectivity index (χ3v) is 7.68. The van der Waals surface area contributed by atoms with E-state index in [9.17, 15) is 24.5 Å². The number of nitro benzene ring substituents is 1. The molecule has 0 aliphatic carbocycles. The van der Waals surface area contributed by atoms with Crippen molar-refractivity contribution in [1.29, 1.82) is 0 Å². The Balaban J connectivity index is 1.40. The van der Waals surface area contributed by atoms with Gasteiger partial charge >= 0.3 is 0 Å². The first-order chi connectivity index (χ1) is 18.4. The molecule has 0 N–H and O–H groups in total. The fourth-order valence-corrected chi connectivity index (χ4v) is 5.91. The zero-order valence-electron chi connectivity index (χ0n) is 20.4. The number of fused-ring (bicyclic) bond motifs is 5. The second-order valence-electron chi connectivity index (χ2n) is 9.61. The molecule has 3 heterocycles. The van der Waals surface area contributed by atoms with Gasteiger partial charge in [-0.05, 0) is 47.0 Å². The van der Waals surface area contributed by atoms with E-state index in [0.29, 0.717) is 5.75 Å². The van der Waals surface area contributed by atoms with Gasteiger partial charge in [0.1, 0.15) is 11.8 Å². The van der Waals surface area contributed by atoms with Crippen LogP contribution >= 0.6 is 0 Å². The number of carbonyl (C=O) groups excluding carboxylic acids is 3. The molecule has 2 amide bonds. The number of benzene rings is 3. The molecule has 0 bridgehead atoms. The minimum atomic E-state index is -0.923. The summed E-state index contributed by atoms with van der Waals surface area (Å²) in [5.41, 5.74) is 2.71. The molecule has 2 saturated heterocycles. The number of non-ortho nitro benzene ring substituents is 1. The molecule has 38 heavy (non-hydrogen) atoms. The van der Waals surface area contributed by atoms with Crippen LogP contribution in [-0.4, -0.2) is 45.5 Å². The highest BCUT2D eigenvalue weighted by molar-refractivity contribution is 6.12. The minimum absolute atomic E-state index is 0.0946. The summed E-state index contributed by atoms with van der Waals surface area (Å²) in [5.74, 6) is -2.01. The van der Waals surface area contributed by atoms with Crippen LogP contribution in [-0.2, 0) is 16.1 Å². The number of Topliss-reactive ketones (excluding diaryl/α,β-unsaturated/α-hetero) is 1. The third kappa shape index (κ3) is 3.58. The lowest BCUT2D eigenvalue weighted by atomic mass is 9.83. The predicted molar refractivity (Wildman–Crippen MR) is 137 cm³/mol. The van der Waals surface area contributed by atoms with Gasteiger partial charge in [-0.3, -0.25) is 29.4 Å². The summed E-state index contributed by atoms with van der Waals surface area (Å²) in [6, 6.07) is 18.8. The summed E-state index contributed by atoms with van der Waals surface area (Å²) in [6.45, 7) is 0.0946. The van der Waals surface area contributed by atoms with Crippen molar-refractivity contribution in [3.8, 4) is 5.75 Å². The van der Waals surface area contributed by atoms with E-state index < -0.39 is 34.7 Å². The summed E-state index contributed by atoms with van der Waals surface area (Å²) in [5, 5.41) is 11.1. The van der Waals surface area contributed by atoms with Gasteiger partial charge in [-0.1, -0.05) is 36.4 Å². The molecule has 2 fully saturated rings. The van der Waals surface area contributed by atoms with Gasteiger partial charge in [-0.15, -0.1) is 0 Å². The lowest BCUT2D eigenvalue weighted by Gasteiger charge is -2.35. The average molecular weight is 510 g/mol. The number of imide groups is 1. The lowest BCUT2D eigenvalue weighted by molar-refractivity contribution is -0.384. The fraction of sp³-hybridized carbons (Fsp3) is 0.207. The Morgan fingerprint density at radius 2 is 1.63 bits per heavy atom. The largest absolute Gasteiger partial charge is 0.497 e. The van der Waals surface area contributed by atoms with E-state index in [-0.39, 0.29) is 29.5 Å². The van der Waals surface area contributed by atoms with Crippen molar-refractivity contribution in [3.05, 3.63) is 111 Å². The van der Waals surface area contributed by atoms with Crippen molar-refractivity contribution in [1.82, 2.24) is 9.80 Å². The van der Waals surface area contributed by atoms with Crippen LogP contribution in [0.3, 0.4) is 0 Å². The number of carbonyl (C=O) groups is 3. The Morgan fingerprint density at radius 1 is 0.947 bits per heavy atom. The van der Waals surface area contributed by atoms with E-state index in [1.165, 1.54) is 29.2 Å². The van der Waals surface area contributed by atoms with Gasteiger partial charge in [0.2, 0.25) is 11.8 Å². The van der Waals surface area contributed by atoms with Gasteiger partial charge in [-0.2, -0.15) is 0 Å². The van der Waals surface area contributed by atoms with Crippen LogP contribution in [0, 0.1) is 22.0 Å². The molecule has 3 aromatic rings. The van der Waals surface area contributed by atoms with Crippen LogP contribution in [0.25, 0.3) is 6.08 Å². The van der Waals surface area contributed by atoms with Crippen molar-refractivity contribution >= 4 is 29.4 Å². The van der Waals surface area contributed by atoms with E-state index in [1.807, 2.05) is 35.2 Å². The second-order valence-corrected chi connectivity index (χ2v) is 9.61. The molecule has 190 valence electrons. The topological polar surface area (TPSA) is 110 Å². The average Bonchev–Trinajstić information content (AvgIpc) is 3.41. The highest BCUT2D eigenvalue weighted by atomic mass is 16.6. The number of hydrogen-bond acceptors (Lipinski definition) is 7. The second kappa shape index (κ2) is 8.95. The van der Waals surface area contributed by atoms with Crippen LogP contribution < -0.4 is 4.74 Å². The van der Waals surface area contributed by atoms with Crippen LogP contribution in [0.4, 0.5) is 5.69 Å².